The van der Waals surface area contributed by atoms with Crippen LogP contribution < -0.4 is 10.1 Å². The largest absolute Gasteiger partial charge is 0.487 e. The quantitative estimate of drug-likeness (QED) is 0.384. The van der Waals surface area contributed by atoms with Crippen molar-refractivity contribution in [1.29, 1.82) is 0 Å². The first-order valence-electron chi connectivity index (χ1n) is 10.0. The van der Waals surface area contributed by atoms with Gasteiger partial charge in [0.05, 0.1) is 23.5 Å². The second kappa shape index (κ2) is 9.66. The summed E-state index contributed by atoms with van der Waals surface area (Å²) in [4.78, 5) is 12.7. The van der Waals surface area contributed by atoms with Crippen LogP contribution in [0.4, 0.5) is 10.1 Å². The Morgan fingerprint density at radius 3 is 2.81 bits per heavy atom. The van der Waals surface area contributed by atoms with Gasteiger partial charge in [0.2, 0.25) is 0 Å². The predicted octanol–water partition coefficient (Wildman–Crippen LogP) is 5.86. The van der Waals surface area contributed by atoms with Crippen LogP contribution in [0.1, 0.15) is 27.0 Å². The van der Waals surface area contributed by atoms with Crippen molar-refractivity contribution in [2.45, 2.75) is 20.1 Å². The molecule has 5 nitrogen and oxygen atoms in total. The number of aryl methyl sites for hydroxylation is 1. The number of carbonyl (C=O) groups excluding carboxylic acids is 1. The summed E-state index contributed by atoms with van der Waals surface area (Å²) in [7, 11) is 0. The smallest absolute Gasteiger partial charge is 0.255 e. The Balaban J connectivity index is 1.39. The minimum absolute atomic E-state index is 0.272. The van der Waals surface area contributed by atoms with Gasteiger partial charge < -0.3 is 10.1 Å². The zero-order chi connectivity index (χ0) is 22.5. The number of carbonyl (C=O) groups is 1. The summed E-state index contributed by atoms with van der Waals surface area (Å²) in [5, 5.41) is 7.56. The summed E-state index contributed by atoms with van der Waals surface area (Å²) in [5.74, 6) is 0.0363. The molecular weight excluding hydrogens is 429 g/mol. The van der Waals surface area contributed by atoms with Crippen molar-refractivity contribution in [2.75, 3.05) is 5.32 Å². The zero-order valence-electron chi connectivity index (χ0n) is 17.4. The summed E-state index contributed by atoms with van der Waals surface area (Å²) in [6.45, 7) is 2.52. The maximum atomic E-state index is 13.8. The topological polar surface area (TPSA) is 56.1 Å². The van der Waals surface area contributed by atoms with Crippen LogP contribution in [-0.2, 0) is 13.2 Å². The average Bonchev–Trinajstić information content (AvgIpc) is 3.23. The van der Waals surface area contributed by atoms with Gasteiger partial charge in [-0.2, -0.15) is 5.10 Å². The third-order valence-corrected chi connectivity index (χ3v) is 5.16. The highest BCUT2D eigenvalue weighted by molar-refractivity contribution is 6.32. The lowest BCUT2D eigenvalue weighted by Gasteiger charge is -2.10. The Bertz CT molecular complexity index is 1260. The van der Waals surface area contributed by atoms with Crippen molar-refractivity contribution in [2.24, 2.45) is 0 Å². The van der Waals surface area contributed by atoms with E-state index in [1.807, 2.05) is 25.1 Å². The van der Waals surface area contributed by atoms with Crippen molar-refractivity contribution < 1.29 is 13.9 Å². The Kier molecular flexibility index (Phi) is 6.52. The highest BCUT2D eigenvalue weighted by Gasteiger charge is 2.10. The summed E-state index contributed by atoms with van der Waals surface area (Å²) in [5.41, 5.74) is 3.43. The molecule has 0 atom stereocenters. The Morgan fingerprint density at radius 1 is 1.12 bits per heavy atom. The Hall–Kier alpha value is -3.64. The third kappa shape index (κ3) is 5.34. The highest BCUT2D eigenvalue weighted by atomic mass is 35.5. The van der Waals surface area contributed by atoms with E-state index in [1.54, 1.807) is 53.3 Å². The van der Waals surface area contributed by atoms with Gasteiger partial charge >= 0.3 is 0 Å². The molecular formula is C25H21ClFN3O2. The van der Waals surface area contributed by atoms with Crippen LogP contribution in [0.5, 0.6) is 5.75 Å². The van der Waals surface area contributed by atoms with Crippen molar-refractivity contribution in [1.82, 2.24) is 9.78 Å². The van der Waals surface area contributed by atoms with E-state index in [1.165, 1.54) is 12.3 Å². The lowest BCUT2D eigenvalue weighted by molar-refractivity contribution is 0.102. The molecule has 162 valence electrons. The van der Waals surface area contributed by atoms with E-state index in [0.29, 0.717) is 27.6 Å². The van der Waals surface area contributed by atoms with Crippen molar-refractivity contribution >= 4 is 23.2 Å². The zero-order valence-corrected chi connectivity index (χ0v) is 18.1. The van der Waals surface area contributed by atoms with Gasteiger partial charge in [-0.15, -0.1) is 0 Å². The van der Waals surface area contributed by atoms with Crippen LogP contribution in [0.3, 0.4) is 0 Å². The van der Waals surface area contributed by atoms with Crippen molar-refractivity contribution in [3.63, 3.8) is 0 Å². The molecule has 0 saturated carbocycles. The fourth-order valence-corrected chi connectivity index (χ4v) is 3.38. The number of halogens is 2. The fourth-order valence-electron chi connectivity index (χ4n) is 3.20. The fraction of sp³-hybridized carbons (Fsp3) is 0.120. The third-order valence-electron chi connectivity index (χ3n) is 4.85. The molecule has 0 saturated heterocycles. The molecule has 3 aromatic carbocycles. The van der Waals surface area contributed by atoms with Gasteiger partial charge in [-0.05, 0) is 48.4 Å². The molecule has 1 N–H and O–H groups in total. The minimum atomic E-state index is -0.292. The summed E-state index contributed by atoms with van der Waals surface area (Å²) < 4.78 is 21.2. The summed E-state index contributed by atoms with van der Waals surface area (Å²) in [6, 6.07) is 19.3. The average molecular weight is 450 g/mol. The van der Waals surface area contributed by atoms with Gasteiger partial charge in [-0.25, -0.2) is 4.39 Å². The van der Waals surface area contributed by atoms with E-state index in [4.69, 9.17) is 16.3 Å². The van der Waals surface area contributed by atoms with Crippen molar-refractivity contribution in [3.8, 4) is 5.75 Å². The number of ether oxygens (including phenoxy) is 1. The Morgan fingerprint density at radius 2 is 1.97 bits per heavy atom. The monoisotopic (exact) mass is 449 g/mol. The van der Waals surface area contributed by atoms with E-state index in [2.05, 4.69) is 10.4 Å². The lowest BCUT2D eigenvalue weighted by Crippen LogP contribution is -2.12. The number of amides is 1. The van der Waals surface area contributed by atoms with Gasteiger partial charge in [-0.1, -0.05) is 48.0 Å². The van der Waals surface area contributed by atoms with Gasteiger partial charge in [-0.3, -0.25) is 9.48 Å². The van der Waals surface area contributed by atoms with E-state index >= 15 is 0 Å². The first kappa shape index (κ1) is 21.6. The van der Waals surface area contributed by atoms with E-state index < -0.39 is 0 Å². The standard InChI is InChI=1S/C25H21ClFN3O2/c1-17-9-10-22(26)24(11-17)32-16-18-5-4-7-19(12-18)25(31)29-21-13-28-30(15-21)14-20-6-2-3-8-23(20)27/h2-13,15H,14,16H2,1H3,(H,29,31). The van der Waals surface area contributed by atoms with E-state index in [-0.39, 0.29) is 24.9 Å². The number of nitrogens with one attached hydrogen (secondary N) is 1. The summed E-state index contributed by atoms with van der Waals surface area (Å²) >= 11 is 6.18. The van der Waals surface area contributed by atoms with Crippen LogP contribution in [0.15, 0.2) is 79.1 Å². The molecule has 0 fully saturated rings. The minimum Gasteiger partial charge on any atom is -0.487 e. The molecule has 0 aliphatic rings. The number of aromatic nitrogens is 2. The molecule has 0 aliphatic heterocycles. The van der Waals surface area contributed by atoms with E-state index in [0.717, 1.165) is 11.1 Å². The van der Waals surface area contributed by atoms with Crippen LogP contribution >= 0.6 is 11.6 Å². The van der Waals surface area contributed by atoms with Crippen LogP contribution in [-0.4, -0.2) is 15.7 Å². The first-order valence-corrected chi connectivity index (χ1v) is 10.4. The second-order valence-corrected chi connectivity index (χ2v) is 7.80. The molecule has 0 radical (unpaired) electrons. The molecule has 1 aromatic heterocycles. The number of hydrogen-bond donors (Lipinski definition) is 1. The van der Waals surface area contributed by atoms with E-state index in [9.17, 15) is 9.18 Å². The number of benzene rings is 3. The SMILES string of the molecule is Cc1ccc(Cl)c(OCc2cccc(C(=O)Nc3cnn(Cc4ccccc4F)c3)c2)c1. The lowest BCUT2D eigenvalue weighted by atomic mass is 10.1. The number of hydrogen-bond acceptors (Lipinski definition) is 3. The molecule has 0 unspecified atom stereocenters. The van der Waals surface area contributed by atoms with Gasteiger partial charge in [0.15, 0.2) is 0 Å². The highest BCUT2D eigenvalue weighted by Crippen LogP contribution is 2.26. The van der Waals surface area contributed by atoms with Crippen LogP contribution in [0.2, 0.25) is 5.02 Å². The number of rotatable bonds is 7. The van der Waals surface area contributed by atoms with Gasteiger partial charge in [0, 0.05) is 17.3 Å². The van der Waals surface area contributed by atoms with Crippen LogP contribution in [0.25, 0.3) is 0 Å². The first-order chi connectivity index (χ1) is 15.5. The maximum absolute atomic E-state index is 13.8. The normalized spacial score (nSPS) is 10.7. The molecule has 1 heterocycles. The number of anilines is 1. The van der Waals surface area contributed by atoms with Crippen molar-refractivity contribution in [3.05, 3.63) is 112 Å². The molecule has 32 heavy (non-hydrogen) atoms. The Labute approximate surface area is 190 Å². The molecule has 1 amide bonds. The second-order valence-electron chi connectivity index (χ2n) is 7.40. The summed E-state index contributed by atoms with van der Waals surface area (Å²) in [6.07, 6.45) is 3.20. The molecule has 0 spiro atoms. The molecule has 0 aliphatic carbocycles. The van der Waals surface area contributed by atoms with Gasteiger partial charge in [0.25, 0.3) is 5.91 Å². The molecule has 4 rings (SSSR count). The molecule has 7 heteroatoms. The predicted molar refractivity (Wildman–Crippen MR) is 123 cm³/mol. The molecule has 4 aromatic rings. The van der Waals surface area contributed by atoms with Crippen LogP contribution in [0, 0.1) is 12.7 Å². The van der Waals surface area contributed by atoms with Gasteiger partial charge in [0.1, 0.15) is 18.2 Å². The number of nitrogens with zero attached hydrogens (tertiary/aromatic N) is 2. The molecule has 0 bridgehead atoms. The maximum Gasteiger partial charge on any atom is 0.255 e.